The van der Waals surface area contributed by atoms with Crippen molar-refractivity contribution in [3.63, 3.8) is 0 Å². The zero-order valence-electron chi connectivity index (χ0n) is 10.1. The van der Waals surface area contributed by atoms with Crippen molar-refractivity contribution in [2.75, 3.05) is 13.1 Å². The van der Waals surface area contributed by atoms with Crippen LogP contribution in [-0.4, -0.2) is 24.0 Å². The van der Waals surface area contributed by atoms with Gasteiger partial charge < -0.3 is 5.73 Å². The van der Waals surface area contributed by atoms with E-state index in [9.17, 15) is 0 Å². The molecule has 0 saturated heterocycles. The highest BCUT2D eigenvalue weighted by molar-refractivity contribution is 7.10. The molecule has 2 N–H and O–H groups in total. The Bertz CT molecular complexity index is 321. The van der Waals surface area contributed by atoms with Crippen LogP contribution in [0.4, 0.5) is 0 Å². The summed E-state index contributed by atoms with van der Waals surface area (Å²) < 4.78 is 0. The van der Waals surface area contributed by atoms with Crippen LogP contribution in [0.1, 0.15) is 36.6 Å². The summed E-state index contributed by atoms with van der Waals surface area (Å²) in [6.45, 7) is 5.72. The SMILES string of the molecule is CCCC(N)CCN1CCc2sccc2C1. The van der Waals surface area contributed by atoms with E-state index in [1.165, 1.54) is 19.4 Å². The first-order chi connectivity index (χ1) is 7.79. The summed E-state index contributed by atoms with van der Waals surface area (Å²) >= 11 is 1.91. The number of hydrogen-bond donors (Lipinski definition) is 1. The molecule has 0 aromatic carbocycles. The molecule has 1 aromatic rings. The maximum Gasteiger partial charge on any atom is 0.0244 e. The lowest BCUT2D eigenvalue weighted by molar-refractivity contribution is 0.244. The minimum absolute atomic E-state index is 0.397. The van der Waals surface area contributed by atoms with Crippen molar-refractivity contribution in [3.05, 3.63) is 21.9 Å². The maximum atomic E-state index is 6.05. The fourth-order valence-corrected chi connectivity index (χ4v) is 3.25. The van der Waals surface area contributed by atoms with E-state index in [4.69, 9.17) is 5.73 Å². The summed E-state index contributed by atoms with van der Waals surface area (Å²) in [6.07, 6.45) is 4.75. The molecule has 1 atom stereocenters. The normalized spacial score (nSPS) is 18.4. The van der Waals surface area contributed by atoms with Crippen LogP contribution < -0.4 is 5.73 Å². The molecule has 0 fully saturated rings. The van der Waals surface area contributed by atoms with E-state index in [1.54, 1.807) is 10.4 Å². The Morgan fingerprint density at radius 1 is 1.50 bits per heavy atom. The van der Waals surface area contributed by atoms with Gasteiger partial charge in [0.2, 0.25) is 0 Å². The number of rotatable bonds is 5. The number of thiophene rings is 1. The zero-order chi connectivity index (χ0) is 11.4. The van der Waals surface area contributed by atoms with E-state index in [0.717, 1.165) is 25.9 Å². The van der Waals surface area contributed by atoms with Crippen LogP contribution in [0.15, 0.2) is 11.4 Å². The fourth-order valence-electron chi connectivity index (χ4n) is 2.36. The van der Waals surface area contributed by atoms with E-state index in [0.29, 0.717) is 6.04 Å². The molecule has 2 rings (SSSR count). The summed E-state index contributed by atoms with van der Waals surface area (Å²) in [5.41, 5.74) is 7.59. The highest BCUT2D eigenvalue weighted by Crippen LogP contribution is 2.24. The van der Waals surface area contributed by atoms with Crippen molar-refractivity contribution < 1.29 is 0 Å². The third-order valence-corrected chi connectivity index (χ3v) is 4.39. The Kier molecular flexibility index (Phi) is 4.38. The second kappa shape index (κ2) is 5.80. The lowest BCUT2D eigenvalue weighted by Gasteiger charge is -2.27. The predicted octanol–water partition coefficient (Wildman–Crippen LogP) is 2.62. The molecule has 2 heterocycles. The molecule has 1 aliphatic rings. The third kappa shape index (κ3) is 3.06. The largest absolute Gasteiger partial charge is 0.328 e. The van der Waals surface area contributed by atoms with Gasteiger partial charge in [0.25, 0.3) is 0 Å². The molecule has 1 aromatic heterocycles. The highest BCUT2D eigenvalue weighted by atomic mass is 32.1. The number of hydrogen-bond acceptors (Lipinski definition) is 3. The van der Waals surface area contributed by atoms with Crippen molar-refractivity contribution >= 4 is 11.3 Å². The van der Waals surface area contributed by atoms with Crippen molar-refractivity contribution in [3.8, 4) is 0 Å². The molecule has 1 aliphatic heterocycles. The molecule has 0 saturated carbocycles. The molecule has 0 bridgehead atoms. The Morgan fingerprint density at radius 2 is 2.38 bits per heavy atom. The van der Waals surface area contributed by atoms with Crippen LogP contribution >= 0.6 is 11.3 Å². The average molecular weight is 238 g/mol. The van der Waals surface area contributed by atoms with E-state index >= 15 is 0 Å². The van der Waals surface area contributed by atoms with Gasteiger partial charge in [-0.2, -0.15) is 0 Å². The molecular formula is C13H22N2S. The molecular weight excluding hydrogens is 216 g/mol. The molecule has 0 radical (unpaired) electrons. The van der Waals surface area contributed by atoms with Gasteiger partial charge >= 0.3 is 0 Å². The van der Waals surface area contributed by atoms with Crippen LogP contribution in [0.5, 0.6) is 0 Å². The first-order valence-electron chi connectivity index (χ1n) is 6.32. The quantitative estimate of drug-likeness (QED) is 0.854. The van der Waals surface area contributed by atoms with Crippen LogP contribution in [0.3, 0.4) is 0 Å². The van der Waals surface area contributed by atoms with Gasteiger partial charge in [0, 0.05) is 24.0 Å². The van der Waals surface area contributed by atoms with Gasteiger partial charge in [-0.3, -0.25) is 4.90 Å². The van der Waals surface area contributed by atoms with Gasteiger partial charge in [0.15, 0.2) is 0 Å². The Hall–Kier alpha value is -0.380. The van der Waals surface area contributed by atoms with Crippen molar-refractivity contribution in [1.29, 1.82) is 0 Å². The maximum absolute atomic E-state index is 6.05. The van der Waals surface area contributed by atoms with Gasteiger partial charge in [-0.1, -0.05) is 13.3 Å². The molecule has 0 aliphatic carbocycles. The fraction of sp³-hybridized carbons (Fsp3) is 0.692. The molecule has 3 heteroatoms. The standard InChI is InChI=1S/C13H22N2S/c1-2-3-12(14)4-7-15-8-5-13-11(10-15)6-9-16-13/h6,9,12H,2-5,7-8,10,14H2,1H3. The average Bonchev–Trinajstić information content (AvgIpc) is 2.74. The third-order valence-electron chi connectivity index (χ3n) is 3.36. The van der Waals surface area contributed by atoms with E-state index in [1.807, 2.05) is 11.3 Å². The van der Waals surface area contributed by atoms with Gasteiger partial charge in [-0.15, -0.1) is 11.3 Å². The van der Waals surface area contributed by atoms with Gasteiger partial charge in [-0.05, 0) is 42.8 Å². The lowest BCUT2D eigenvalue weighted by atomic mass is 10.1. The summed E-state index contributed by atoms with van der Waals surface area (Å²) in [4.78, 5) is 4.14. The van der Waals surface area contributed by atoms with E-state index in [2.05, 4.69) is 23.3 Å². The topological polar surface area (TPSA) is 29.3 Å². The number of fused-ring (bicyclic) bond motifs is 1. The molecule has 0 spiro atoms. The Labute approximate surface area is 102 Å². The Balaban J connectivity index is 1.77. The van der Waals surface area contributed by atoms with Gasteiger partial charge in [0.1, 0.15) is 0 Å². The predicted molar refractivity (Wildman–Crippen MR) is 70.8 cm³/mol. The van der Waals surface area contributed by atoms with Crippen LogP contribution in [-0.2, 0) is 13.0 Å². The van der Waals surface area contributed by atoms with Crippen LogP contribution in [0, 0.1) is 0 Å². The summed E-state index contributed by atoms with van der Waals surface area (Å²) in [5.74, 6) is 0. The van der Waals surface area contributed by atoms with Crippen LogP contribution in [0.25, 0.3) is 0 Å². The molecule has 2 nitrogen and oxygen atoms in total. The van der Waals surface area contributed by atoms with E-state index < -0.39 is 0 Å². The Morgan fingerprint density at radius 3 is 3.19 bits per heavy atom. The summed E-state index contributed by atoms with van der Waals surface area (Å²) in [7, 11) is 0. The number of nitrogens with zero attached hydrogens (tertiary/aromatic N) is 1. The molecule has 90 valence electrons. The zero-order valence-corrected chi connectivity index (χ0v) is 10.9. The smallest absolute Gasteiger partial charge is 0.0244 e. The summed E-state index contributed by atoms with van der Waals surface area (Å²) in [6, 6.07) is 2.67. The molecule has 16 heavy (non-hydrogen) atoms. The molecule has 1 unspecified atom stereocenters. The van der Waals surface area contributed by atoms with Crippen molar-refractivity contribution in [2.45, 2.75) is 45.2 Å². The minimum Gasteiger partial charge on any atom is -0.328 e. The van der Waals surface area contributed by atoms with Gasteiger partial charge in [-0.25, -0.2) is 0 Å². The lowest BCUT2D eigenvalue weighted by Crippen LogP contribution is -2.34. The summed E-state index contributed by atoms with van der Waals surface area (Å²) in [5, 5.41) is 2.22. The van der Waals surface area contributed by atoms with Crippen LogP contribution in [0.2, 0.25) is 0 Å². The monoisotopic (exact) mass is 238 g/mol. The minimum atomic E-state index is 0.397. The first-order valence-corrected chi connectivity index (χ1v) is 7.20. The molecule has 0 amide bonds. The number of nitrogens with two attached hydrogens (primary N) is 1. The first kappa shape index (κ1) is 12.1. The highest BCUT2D eigenvalue weighted by Gasteiger charge is 2.17. The van der Waals surface area contributed by atoms with Crippen molar-refractivity contribution in [1.82, 2.24) is 4.90 Å². The van der Waals surface area contributed by atoms with E-state index in [-0.39, 0.29) is 0 Å². The van der Waals surface area contributed by atoms with Gasteiger partial charge in [0.05, 0.1) is 0 Å². The van der Waals surface area contributed by atoms with Crippen molar-refractivity contribution in [2.24, 2.45) is 5.73 Å². The second-order valence-electron chi connectivity index (χ2n) is 4.73. The second-order valence-corrected chi connectivity index (χ2v) is 5.73.